The topological polar surface area (TPSA) is 162 Å². The molecule has 1 fully saturated rings. The van der Waals surface area contributed by atoms with Crippen molar-refractivity contribution in [2.75, 3.05) is 24.9 Å². The number of aromatic nitrogens is 1. The number of benzene rings is 3. The fraction of sp³-hybridized carbons (Fsp3) is 0.179. The Kier molecular flexibility index (Phi) is 7.58. The van der Waals surface area contributed by atoms with Gasteiger partial charge in [0.05, 0.1) is 25.4 Å². The van der Waals surface area contributed by atoms with E-state index < -0.39 is 39.2 Å². The number of hydrogen-bond acceptors (Lipinski definition) is 9. The third kappa shape index (κ3) is 6.04. The molecule has 1 aliphatic carbocycles. The molecule has 218 valence electrons. The number of amides is 2. The van der Waals surface area contributed by atoms with Crippen molar-refractivity contribution in [1.82, 2.24) is 4.98 Å². The summed E-state index contributed by atoms with van der Waals surface area (Å²) in [7, 11) is -1.93. The van der Waals surface area contributed by atoms with Crippen LogP contribution >= 0.6 is 0 Å². The van der Waals surface area contributed by atoms with Gasteiger partial charge in [0.25, 0.3) is 0 Å². The fourth-order valence-corrected chi connectivity index (χ4v) is 4.59. The number of hydrogen-bond donors (Lipinski definition) is 3. The van der Waals surface area contributed by atoms with E-state index in [9.17, 15) is 22.4 Å². The van der Waals surface area contributed by atoms with Crippen molar-refractivity contribution < 1.29 is 45.3 Å². The lowest BCUT2D eigenvalue weighted by atomic mass is 10.0. The Morgan fingerprint density at radius 2 is 1.55 bits per heavy atom. The van der Waals surface area contributed by atoms with Gasteiger partial charge in [-0.05, 0) is 61.4 Å². The van der Waals surface area contributed by atoms with Gasteiger partial charge in [0.1, 0.15) is 22.7 Å². The molecular formula is C28H24FN3O9S. The minimum atomic E-state index is -4.99. The van der Waals surface area contributed by atoms with Gasteiger partial charge in [0.2, 0.25) is 11.8 Å². The molecule has 0 bridgehead atoms. The van der Waals surface area contributed by atoms with Crippen LogP contribution in [-0.2, 0) is 20.0 Å². The zero-order valence-electron chi connectivity index (χ0n) is 22.2. The highest BCUT2D eigenvalue weighted by Gasteiger charge is 2.56. The number of carbonyl (C=O) groups is 2. The number of carbonyl (C=O) groups excluding carboxylic acids is 2. The molecule has 12 nitrogen and oxygen atoms in total. The number of anilines is 2. The largest absolute Gasteiger partial charge is 0.493 e. The van der Waals surface area contributed by atoms with Gasteiger partial charge < -0.3 is 29.0 Å². The van der Waals surface area contributed by atoms with Crippen LogP contribution in [0, 0.1) is 11.2 Å². The number of fused-ring (bicyclic) bond motifs is 1. The van der Waals surface area contributed by atoms with Gasteiger partial charge in [-0.2, -0.15) is 8.42 Å². The molecular weight excluding hydrogens is 573 g/mol. The zero-order chi connectivity index (χ0) is 30.1. The van der Waals surface area contributed by atoms with Crippen LogP contribution in [0.1, 0.15) is 12.8 Å². The Morgan fingerprint density at radius 3 is 2.19 bits per heavy atom. The molecule has 4 aromatic rings. The van der Waals surface area contributed by atoms with Crippen molar-refractivity contribution in [2.45, 2.75) is 12.8 Å². The Bertz CT molecular complexity index is 1790. The highest BCUT2D eigenvalue weighted by atomic mass is 32.3. The van der Waals surface area contributed by atoms with Crippen molar-refractivity contribution >= 4 is 44.5 Å². The molecule has 0 spiro atoms. The van der Waals surface area contributed by atoms with Gasteiger partial charge in [-0.25, -0.2) is 4.39 Å². The van der Waals surface area contributed by atoms with E-state index in [1.54, 1.807) is 48.7 Å². The van der Waals surface area contributed by atoms with Crippen LogP contribution in [0.3, 0.4) is 0 Å². The van der Waals surface area contributed by atoms with E-state index in [2.05, 4.69) is 19.8 Å². The van der Waals surface area contributed by atoms with Gasteiger partial charge in [0.15, 0.2) is 17.2 Å². The van der Waals surface area contributed by atoms with Crippen LogP contribution in [0.5, 0.6) is 28.7 Å². The van der Waals surface area contributed by atoms with E-state index in [1.807, 2.05) is 0 Å². The second-order valence-electron chi connectivity index (χ2n) is 9.30. The first-order chi connectivity index (χ1) is 20.0. The average Bonchev–Trinajstić information content (AvgIpc) is 3.77. The van der Waals surface area contributed by atoms with E-state index in [4.69, 9.17) is 18.8 Å². The summed E-state index contributed by atoms with van der Waals surface area (Å²) in [6.07, 6.45) is 2.05. The Labute approximate surface area is 239 Å². The van der Waals surface area contributed by atoms with Gasteiger partial charge in [0, 0.05) is 29.4 Å². The fourth-order valence-electron chi connectivity index (χ4n) is 4.23. The van der Waals surface area contributed by atoms with Crippen LogP contribution < -0.4 is 29.0 Å². The lowest BCUT2D eigenvalue weighted by Gasteiger charge is -2.17. The maximum atomic E-state index is 13.6. The van der Waals surface area contributed by atoms with Crippen LogP contribution in [0.15, 0.2) is 66.9 Å². The number of nitrogens with zero attached hydrogens (tertiary/aromatic N) is 1. The van der Waals surface area contributed by atoms with E-state index in [1.165, 1.54) is 14.2 Å². The van der Waals surface area contributed by atoms with Gasteiger partial charge in [-0.3, -0.25) is 19.1 Å². The quantitative estimate of drug-likeness (QED) is 0.172. The van der Waals surface area contributed by atoms with Gasteiger partial charge in [-0.1, -0.05) is 0 Å². The first-order valence-corrected chi connectivity index (χ1v) is 13.8. The highest BCUT2D eigenvalue weighted by Crippen LogP contribution is 2.48. The molecule has 3 aromatic carbocycles. The Balaban J connectivity index is 1.28. The molecule has 0 atom stereocenters. The smallest absolute Gasteiger partial charge is 0.446 e. The summed E-state index contributed by atoms with van der Waals surface area (Å²) in [5.41, 5.74) is -0.636. The summed E-state index contributed by atoms with van der Waals surface area (Å²) in [6.45, 7) is 0. The van der Waals surface area contributed by atoms with E-state index >= 15 is 0 Å². The van der Waals surface area contributed by atoms with Crippen LogP contribution in [-0.4, -0.2) is 44.0 Å². The molecule has 0 aliphatic heterocycles. The molecule has 1 aromatic heterocycles. The number of pyridine rings is 1. The maximum absolute atomic E-state index is 13.6. The average molecular weight is 598 g/mol. The molecule has 2 amide bonds. The van der Waals surface area contributed by atoms with Crippen molar-refractivity contribution in [1.29, 1.82) is 0 Å². The SMILES string of the molecule is COc1cc2nccc(Oc3ccc(NC(=O)C4(C(=O)Nc5ccc(F)cc5OS(=O)(=O)O)CC4)cc3)c2cc1OC. The number of methoxy groups -OCH3 is 2. The summed E-state index contributed by atoms with van der Waals surface area (Å²) < 4.78 is 65.9. The molecule has 0 radical (unpaired) electrons. The van der Waals surface area contributed by atoms with Crippen LogP contribution in [0.25, 0.3) is 10.9 Å². The van der Waals surface area contributed by atoms with Crippen molar-refractivity contribution in [3.05, 3.63) is 72.7 Å². The summed E-state index contributed by atoms with van der Waals surface area (Å²) >= 11 is 0. The zero-order valence-corrected chi connectivity index (χ0v) is 23.0. The van der Waals surface area contributed by atoms with E-state index in [0.717, 1.165) is 12.1 Å². The van der Waals surface area contributed by atoms with Crippen LogP contribution in [0.2, 0.25) is 0 Å². The third-order valence-corrected chi connectivity index (χ3v) is 6.94. The standard InChI is InChI=1S/C28H24FN3O9S/c1-38-24-14-19-21(15-25(24)39-2)30-12-9-22(19)40-18-6-4-17(5-7-18)31-26(33)28(10-11-28)27(34)32-20-8-3-16(29)13-23(20)41-42(35,36)37/h3-9,12-15H,10-11H2,1-2H3,(H,31,33)(H,32,34)(H,35,36,37). The van der Waals surface area contributed by atoms with Crippen molar-refractivity contribution in [3.8, 4) is 28.7 Å². The minimum Gasteiger partial charge on any atom is -0.493 e. The number of halogens is 1. The second-order valence-corrected chi connectivity index (χ2v) is 10.3. The van der Waals surface area contributed by atoms with E-state index in [-0.39, 0.29) is 18.5 Å². The molecule has 3 N–H and O–H groups in total. The first kappa shape index (κ1) is 28.6. The number of ether oxygens (including phenoxy) is 3. The summed E-state index contributed by atoms with van der Waals surface area (Å²) in [4.78, 5) is 30.4. The lowest BCUT2D eigenvalue weighted by molar-refractivity contribution is -0.131. The van der Waals surface area contributed by atoms with Gasteiger partial charge in [-0.15, -0.1) is 0 Å². The van der Waals surface area contributed by atoms with Crippen LogP contribution in [0.4, 0.5) is 15.8 Å². The molecule has 1 saturated carbocycles. The minimum absolute atomic E-state index is 0.227. The summed E-state index contributed by atoms with van der Waals surface area (Å²) in [6, 6.07) is 14.4. The Hall–Kier alpha value is -4.95. The normalized spacial score (nSPS) is 13.6. The number of nitrogens with one attached hydrogen (secondary N) is 2. The monoisotopic (exact) mass is 597 g/mol. The lowest BCUT2D eigenvalue weighted by Crippen LogP contribution is -2.35. The first-order valence-electron chi connectivity index (χ1n) is 12.4. The molecule has 42 heavy (non-hydrogen) atoms. The predicted octanol–water partition coefficient (Wildman–Crippen LogP) is 4.72. The maximum Gasteiger partial charge on any atom is 0.446 e. The molecule has 0 unspecified atom stereocenters. The molecule has 5 rings (SSSR count). The second kappa shape index (κ2) is 11.1. The molecule has 1 heterocycles. The van der Waals surface area contributed by atoms with Crippen molar-refractivity contribution in [2.24, 2.45) is 5.41 Å². The molecule has 14 heteroatoms. The van der Waals surface area contributed by atoms with E-state index in [0.29, 0.717) is 45.7 Å². The third-order valence-electron chi connectivity index (χ3n) is 6.55. The van der Waals surface area contributed by atoms with Gasteiger partial charge >= 0.3 is 10.4 Å². The summed E-state index contributed by atoms with van der Waals surface area (Å²) in [5.74, 6) is -0.812. The predicted molar refractivity (Wildman–Crippen MR) is 149 cm³/mol. The highest BCUT2D eigenvalue weighted by molar-refractivity contribution is 7.81. The molecule has 0 saturated heterocycles. The van der Waals surface area contributed by atoms with Crippen molar-refractivity contribution in [3.63, 3.8) is 0 Å². The Morgan fingerprint density at radius 1 is 0.881 bits per heavy atom. The number of rotatable bonds is 10. The summed E-state index contributed by atoms with van der Waals surface area (Å²) in [5, 5.41) is 5.78. The molecule has 1 aliphatic rings.